The maximum atomic E-state index is 11.2. The summed E-state index contributed by atoms with van der Waals surface area (Å²) in [7, 11) is 0. The molecule has 0 saturated heterocycles. The molecule has 2 rings (SSSR count). The van der Waals surface area contributed by atoms with E-state index in [2.05, 4.69) is 0 Å². The van der Waals surface area contributed by atoms with E-state index in [0.717, 1.165) is 5.56 Å². The van der Waals surface area contributed by atoms with E-state index >= 15 is 0 Å². The number of rotatable bonds is 6. The summed E-state index contributed by atoms with van der Waals surface area (Å²) in [5.41, 5.74) is 0.372. The fraction of sp³-hybridized carbons (Fsp3) is 0.200. The minimum absolute atomic E-state index is 0.0824. The normalized spacial score (nSPS) is 12.3. The van der Waals surface area contributed by atoms with Gasteiger partial charge in [-0.15, -0.1) is 0 Å². The third-order valence-electron chi connectivity index (χ3n) is 3.32. The highest BCUT2D eigenvalue weighted by atomic mass is 32.7. The fourth-order valence-corrected chi connectivity index (χ4v) is 4.21. The molecular weight excluding hydrogens is 355 g/mol. The topological polar surface area (TPSA) is 138 Å². The van der Waals surface area contributed by atoms with Crippen molar-refractivity contribution in [2.45, 2.75) is 23.5 Å². The van der Waals surface area contributed by atoms with Crippen LogP contribution in [-0.4, -0.2) is 30.2 Å². The lowest BCUT2D eigenvalue weighted by molar-refractivity contribution is -0.176. The van der Waals surface area contributed by atoms with Gasteiger partial charge in [-0.3, -0.25) is 0 Å². The zero-order chi connectivity index (χ0) is 18.0. The summed E-state index contributed by atoms with van der Waals surface area (Å²) in [4.78, 5) is 18.1. The van der Waals surface area contributed by atoms with Crippen LogP contribution in [-0.2, 0) is 16.8 Å². The molecular formula is C15H17O7PS. The van der Waals surface area contributed by atoms with Gasteiger partial charge in [-0.25, -0.2) is 4.57 Å². The number of phenols is 2. The average Bonchev–Trinajstić information content (AvgIpc) is 2.45. The van der Waals surface area contributed by atoms with Crippen LogP contribution in [0.3, 0.4) is 0 Å². The predicted octanol–water partition coefficient (Wildman–Crippen LogP) is 2.05. The number of aryl methyl sites for hydroxylation is 1. The standard InChI is InChI=1S/C15H17O7PS/c16-11-6-4-10(5-7-11)8-9-15(18,19)14-12(17)2-1-3-13(14)24-23(20,21)22/h1-7,16-19H,8-9H2,(H2,20,21,22). The van der Waals surface area contributed by atoms with Gasteiger partial charge in [0.25, 0.3) is 0 Å². The molecule has 130 valence electrons. The third kappa shape index (κ3) is 4.98. The van der Waals surface area contributed by atoms with E-state index in [1.54, 1.807) is 12.1 Å². The molecule has 6 N–H and O–H groups in total. The van der Waals surface area contributed by atoms with Crippen LogP contribution in [0.5, 0.6) is 11.5 Å². The summed E-state index contributed by atoms with van der Waals surface area (Å²) in [5, 5.41) is 39.9. The Balaban J connectivity index is 2.27. The Kier molecular flexibility index (Phi) is 5.59. The maximum absolute atomic E-state index is 11.2. The van der Waals surface area contributed by atoms with Gasteiger partial charge < -0.3 is 30.2 Å². The van der Waals surface area contributed by atoms with Gasteiger partial charge in [-0.05, 0) is 47.6 Å². The van der Waals surface area contributed by atoms with Gasteiger partial charge in [0.15, 0.2) is 5.79 Å². The van der Waals surface area contributed by atoms with E-state index in [9.17, 15) is 25.0 Å². The van der Waals surface area contributed by atoms with Crippen molar-refractivity contribution in [1.82, 2.24) is 0 Å². The number of phenolic OH excluding ortho intramolecular Hbond substituents is 2. The van der Waals surface area contributed by atoms with Crippen molar-refractivity contribution in [1.29, 1.82) is 0 Å². The van der Waals surface area contributed by atoms with Crippen LogP contribution in [0.25, 0.3) is 0 Å². The number of aliphatic hydroxyl groups is 2. The van der Waals surface area contributed by atoms with Gasteiger partial charge in [0.05, 0.1) is 5.56 Å². The maximum Gasteiger partial charge on any atom is 0.388 e. The first-order chi connectivity index (χ1) is 11.1. The molecule has 7 nitrogen and oxygen atoms in total. The molecule has 0 unspecified atom stereocenters. The lowest BCUT2D eigenvalue weighted by Gasteiger charge is -2.25. The Morgan fingerprint density at radius 3 is 2.21 bits per heavy atom. The molecule has 0 saturated carbocycles. The first kappa shape index (κ1) is 18.8. The van der Waals surface area contributed by atoms with Crippen molar-refractivity contribution in [2.75, 3.05) is 0 Å². The third-order valence-corrected chi connectivity index (χ3v) is 5.40. The summed E-state index contributed by atoms with van der Waals surface area (Å²) in [5.74, 6) is -2.87. The molecule has 0 aliphatic carbocycles. The minimum atomic E-state index is -4.53. The lowest BCUT2D eigenvalue weighted by atomic mass is 9.97. The summed E-state index contributed by atoms with van der Waals surface area (Å²) < 4.78 is 11.2. The quantitative estimate of drug-likeness (QED) is 0.335. The number of aromatic hydroxyl groups is 2. The van der Waals surface area contributed by atoms with Crippen molar-refractivity contribution < 1.29 is 34.8 Å². The van der Waals surface area contributed by atoms with E-state index < -0.39 is 18.3 Å². The zero-order valence-electron chi connectivity index (χ0n) is 12.4. The summed E-state index contributed by atoms with van der Waals surface area (Å²) >= 11 is 0.146. The van der Waals surface area contributed by atoms with E-state index in [0.29, 0.717) is 0 Å². The van der Waals surface area contributed by atoms with Gasteiger partial charge in [-0.1, -0.05) is 18.2 Å². The molecule has 0 fully saturated rings. The Bertz CT molecular complexity index is 755. The molecule has 0 spiro atoms. The van der Waals surface area contributed by atoms with Gasteiger partial charge in [0.2, 0.25) is 0 Å². The molecule has 0 atom stereocenters. The number of hydrogen-bond donors (Lipinski definition) is 6. The molecule has 0 aliphatic heterocycles. The molecule has 0 amide bonds. The molecule has 2 aromatic carbocycles. The smallest absolute Gasteiger partial charge is 0.388 e. The van der Waals surface area contributed by atoms with Crippen molar-refractivity contribution in [3.8, 4) is 11.5 Å². The Morgan fingerprint density at radius 2 is 1.62 bits per heavy atom. The van der Waals surface area contributed by atoms with Crippen LogP contribution < -0.4 is 0 Å². The zero-order valence-corrected chi connectivity index (χ0v) is 14.1. The SMILES string of the molecule is O=P(O)(O)Sc1cccc(O)c1C(O)(O)CCc1ccc(O)cc1. The van der Waals surface area contributed by atoms with Gasteiger partial charge >= 0.3 is 6.80 Å². The van der Waals surface area contributed by atoms with E-state index in [-0.39, 0.29) is 40.4 Å². The second-order valence-electron chi connectivity index (χ2n) is 5.22. The Hall–Kier alpha value is -1.54. The van der Waals surface area contributed by atoms with Crippen molar-refractivity contribution in [2.24, 2.45) is 0 Å². The van der Waals surface area contributed by atoms with Gasteiger partial charge in [-0.2, -0.15) is 0 Å². The molecule has 9 heteroatoms. The highest BCUT2D eigenvalue weighted by Gasteiger charge is 2.33. The van der Waals surface area contributed by atoms with Crippen LogP contribution in [0, 0.1) is 0 Å². The first-order valence-electron chi connectivity index (χ1n) is 6.89. The highest BCUT2D eigenvalue weighted by molar-refractivity contribution is 8.54. The fourth-order valence-electron chi connectivity index (χ4n) is 2.23. The van der Waals surface area contributed by atoms with Crippen LogP contribution in [0.15, 0.2) is 47.4 Å². The Morgan fingerprint density at radius 1 is 1.00 bits per heavy atom. The summed E-state index contributed by atoms with van der Waals surface area (Å²) in [6.07, 6.45) is -0.00824. The first-order valence-corrected chi connectivity index (χ1v) is 9.92. The van der Waals surface area contributed by atoms with Crippen LogP contribution in [0.2, 0.25) is 0 Å². The van der Waals surface area contributed by atoms with Gasteiger partial charge in [0.1, 0.15) is 11.5 Å². The molecule has 0 heterocycles. The molecule has 0 aliphatic rings. The molecule has 0 bridgehead atoms. The van der Waals surface area contributed by atoms with Crippen LogP contribution in [0.4, 0.5) is 0 Å². The highest BCUT2D eigenvalue weighted by Crippen LogP contribution is 2.57. The second kappa shape index (κ2) is 7.14. The second-order valence-corrected chi connectivity index (χ2v) is 8.79. The van der Waals surface area contributed by atoms with Crippen molar-refractivity contribution in [3.63, 3.8) is 0 Å². The van der Waals surface area contributed by atoms with E-state index in [4.69, 9.17) is 9.79 Å². The minimum Gasteiger partial charge on any atom is -0.508 e. The Labute approximate surface area is 142 Å². The molecule has 2 aromatic rings. The van der Waals surface area contributed by atoms with Crippen LogP contribution in [0.1, 0.15) is 17.5 Å². The lowest BCUT2D eigenvalue weighted by Crippen LogP contribution is -2.26. The predicted molar refractivity (Wildman–Crippen MR) is 88.6 cm³/mol. The monoisotopic (exact) mass is 372 g/mol. The van der Waals surface area contributed by atoms with Crippen molar-refractivity contribution in [3.05, 3.63) is 53.6 Å². The molecule has 0 aromatic heterocycles. The number of hydrogen-bond acceptors (Lipinski definition) is 6. The van der Waals surface area contributed by atoms with E-state index in [1.807, 2.05) is 0 Å². The van der Waals surface area contributed by atoms with E-state index in [1.165, 1.54) is 30.3 Å². The molecule has 24 heavy (non-hydrogen) atoms. The largest absolute Gasteiger partial charge is 0.508 e. The average molecular weight is 372 g/mol. The van der Waals surface area contributed by atoms with Crippen molar-refractivity contribution >= 4 is 18.2 Å². The number of benzene rings is 2. The molecule has 0 radical (unpaired) electrons. The van der Waals surface area contributed by atoms with Gasteiger partial charge in [0, 0.05) is 11.3 Å². The summed E-state index contributed by atoms with van der Waals surface area (Å²) in [6.45, 7) is -4.53. The summed E-state index contributed by atoms with van der Waals surface area (Å²) in [6, 6.07) is 10.00. The van der Waals surface area contributed by atoms with Crippen LogP contribution >= 0.6 is 18.2 Å².